The molecule has 0 aliphatic rings. The highest BCUT2D eigenvalue weighted by Gasteiger charge is 2.19. The average molecular weight is 294 g/mol. The van der Waals surface area contributed by atoms with E-state index in [1.807, 2.05) is 6.92 Å². The van der Waals surface area contributed by atoms with Crippen LogP contribution in [-0.2, 0) is 9.53 Å². The molecular weight excluding hydrogens is 262 g/mol. The molecule has 0 saturated heterocycles. The van der Waals surface area contributed by atoms with Gasteiger partial charge in [-0.1, -0.05) is 46.5 Å². The van der Waals surface area contributed by atoms with E-state index in [0.717, 1.165) is 19.4 Å². The van der Waals surface area contributed by atoms with Gasteiger partial charge in [0.1, 0.15) is 6.04 Å². The summed E-state index contributed by atoms with van der Waals surface area (Å²) >= 11 is 0. The Hall–Kier alpha value is -0.280. The summed E-state index contributed by atoms with van der Waals surface area (Å²) in [5.74, 6) is 0.409. The lowest BCUT2D eigenvalue weighted by atomic mass is 10.0. The van der Waals surface area contributed by atoms with E-state index in [-0.39, 0.29) is 24.4 Å². The van der Waals surface area contributed by atoms with E-state index < -0.39 is 0 Å². The van der Waals surface area contributed by atoms with Gasteiger partial charge in [-0.05, 0) is 32.2 Å². The van der Waals surface area contributed by atoms with E-state index in [1.165, 1.54) is 25.7 Å². The fourth-order valence-electron chi connectivity index (χ4n) is 1.98. The predicted octanol–water partition coefficient (Wildman–Crippen LogP) is 3.95. The lowest BCUT2D eigenvalue weighted by Gasteiger charge is -2.19. The van der Waals surface area contributed by atoms with Gasteiger partial charge in [-0.25, -0.2) is 0 Å². The Labute approximate surface area is 125 Å². The largest absolute Gasteiger partial charge is 0.465 e. The molecule has 4 heteroatoms. The third-order valence-electron chi connectivity index (χ3n) is 2.95. The Kier molecular flexibility index (Phi) is 15.6. The summed E-state index contributed by atoms with van der Waals surface area (Å²) in [7, 11) is 0. The van der Waals surface area contributed by atoms with Crippen molar-refractivity contribution in [2.45, 2.75) is 72.3 Å². The predicted molar refractivity (Wildman–Crippen MR) is 83.9 cm³/mol. The number of halogens is 1. The van der Waals surface area contributed by atoms with Gasteiger partial charge in [0.15, 0.2) is 0 Å². The van der Waals surface area contributed by atoms with Crippen LogP contribution in [0.5, 0.6) is 0 Å². The fraction of sp³-hybridized carbons (Fsp3) is 0.933. The van der Waals surface area contributed by atoms with Crippen LogP contribution in [0, 0.1) is 5.92 Å². The highest BCUT2D eigenvalue weighted by molar-refractivity contribution is 5.85. The van der Waals surface area contributed by atoms with E-state index >= 15 is 0 Å². The maximum Gasteiger partial charge on any atom is 0.323 e. The van der Waals surface area contributed by atoms with Gasteiger partial charge in [0.2, 0.25) is 0 Å². The van der Waals surface area contributed by atoms with Crippen molar-refractivity contribution in [1.29, 1.82) is 0 Å². The zero-order chi connectivity index (χ0) is 13.8. The topological polar surface area (TPSA) is 38.3 Å². The van der Waals surface area contributed by atoms with E-state index in [4.69, 9.17) is 4.74 Å². The highest BCUT2D eigenvalue weighted by Crippen LogP contribution is 2.07. The lowest BCUT2D eigenvalue weighted by Crippen LogP contribution is -2.39. The van der Waals surface area contributed by atoms with Crippen molar-refractivity contribution in [3.05, 3.63) is 0 Å². The first-order chi connectivity index (χ1) is 8.61. The number of hydrogen-bond donors (Lipinski definition) is 1. The van der Waals surface area contributed by atoms with Gasteiger partial charge in [-0.3, -0.25) is 4.79 Å². The first kappa shape index (κ1) is 21.0. The maximum atomic E-state index is 11.8. The van der Waals surface area contributed by atoms with Crippen LogP contribution in [-0.4, -0.2) is 25.2 Å². The summed E-state index contributed by atoms with van der Waals surface area (Å²) < 4.78 is 5.10. The number of nitrogens with one attached hydrogen (secondary N) is 1. The number of carbonyl (C=O) groups is 1. The van der Waals surface area contributed by atoms with Crippen LogP contribution in [0.3, 0.4) is 0 Å². The minimum absolute atomic E-state index is 0. The van der Waals surface area contributed by atoms with Crippen molar-refractivity contribution >= 4 is 18.4 Å². The SMILES string of the molecule is CCCCCCCNC(CC(C)C)C(=O)OCC.Cl. The molecule has 0 heterocycles. The molecule has 0 aliphatic heterocycles. The Bertz CT molecular complexity index is 210. The van der Waals surface area contributed by atoms with Crippen molar-refractivity contribution in [3.63, 3.8) is 0 Å². The molecule has 1 N–H and O–H groups in total. The number of ether oxygens (including phenoxy) is 1. The third kappa shape index (κ3) is 12.5. The van der Waals surface area contributed by atoms with Gasteiger partial charge in [0.25, 0.3) is 0 Å². The van der Waals surface area contributed by atoms with E-state index in [9.17, 15) is 4.79 Å². The molecule has 0 aromatic heterocycles. The van der Waals surface area contributed by atoms with Crippen LogP contribution in [0.4, 0.5) is 0 Å². The van der Waals surface area contributed by atoms with E-state index in [2.05, 4.69) is 26.1 Å². The normalized spacial score (nSPS) is 12.1. The Morgan fingerprint density at radius 3 is 2.26 bits per heavy atom. The van der Waals surface area contributed by atoms with Gasteiger partial charge in [-0.2, -0.15) is 0 Å². The van der Waals surface area contributed by atoms with Crippen molar-refractivity contribution in [1.82, 2.24) is 5.32 Å². The summed E-state index contributed by atoms with van der Waals surface area (Å²) in [6.45, 7) is 9.72. The second-order valence-electron chi connectivity index (χ2n) is 5.30. The van der Waals surface area contributed by atoms with Crippen molar-refractivity contribution in [2.24, 2.45) is 5.92 Å². The average Bonchev–Trinajstić information content (AvgIpc) is 2.32. The molecule has 0 radical (unpaired) electrons. The van der Waals surface area contributed by atoms with Crippen LogP contribution in [0.25, 0.3) is 0 Å². The van der Waals surface area contributed by atoms with Crippen LogP contribution in [0.1, 0.15) is 66.2 Å². The molecule has 0 saturated carbocycles. The smallest absolute Gasteiger partial charge is 0.323 e. The first-order valence-electron chi connectivity index (χ1n) is 7.51. The number of unbranched alkanes of at least 4 members (excludes halogenated alkanes) is 4. The summed E-state index contributed by atoms with van der Waals surface area (Å²) in [5.41, 5.74) is 0. The Balaban J connectivity index is 0. The minimum atomic E-state index is -0.129. The van der Waals surface area contributed by atoms with E-state index in [0.29, 0.717) is 12.5 Å². The monoisotopic (exact) mass is 293 g/mol. The van der Waals surface area contributed by atoms with Gasteiger partial charge in [0, 0.05) is 0 Å². The van der Waals surface area contributed by atoms with Crippen molar-refractivity contribution < 1.29 is 9.53 Å². The van der Waals surface area contributed by atoms with Gasteiger partial charge in [-0.15, -0.1) is 12.4 Å². The molecule has 19 heavy (non-hydrogen) atoms. The van der Waals surface area contributed by atoms with Gasteiger partial charge in [0.05, 0.1) is 6.61 Å². The van der Waals surface area contributed by atoms with Gasteiger partial charge < -0.3 is 10.1 Å². The molecule has 0 aliphatic carbocycles. The standard InChI is InChI=1S/C15H31NO2.ClH/c1-5-7-8-9-10-11-16-14(12-13(3)4)15(17)18-6-2;/h13-14,16H,5-12H2,1-4H3;1H. The maximum absolute atomic E-state index is 11.8. The molecule has 0 rings (SSSR count). The summed E-state index contributed by atoms with van der Waals surface area (Å²) in [6.07, 6.45) is 7.13. The van der Waals surface area contributed by atoms with Crippen LogP contribution >= 0.6 is 12.4 Å². The first-order valence-corrected chi connectivity index (χ1v) is 7.51. The molecule has 116 valence electrons. The molecule has 0 bridgehead atoms. The number of esters is 1. The van der Waals surface area contributed by atoms with E-state index in [1.54, 1.807) is 0 Å². The molecule has 1 atom stereocenters. The Morgan fingerprint density at radius 2 is 1.74 bits per heavy atom. The zero-order valence-corrected chi connectivity index (χ0v) is 13.9. The summed E-state index contributed by atoms with van der Waals surface area (Å²) in [5, 5.41) is 3.34. The number of carbonyl (C=O) groups excluding carboxylic acids is 1. The molecule has 0 spiro atoms. The van der Waals surface area contributed by atoms with Crippen LogP contribution < -0.4 is 5.32 Å². The third-order valence-corrected chi connectivity index (χ3v) is 2.95. The minimum Gasteiger partial charge on any atom is -0.465 e. The molecule has 0 amide bonds. The fourth-order valence-corrected chi connectivity index (χ4v) is 1.98. The molecule has 3 nitrogen and oxygen atoms in total. The lowest BCUT2D eigenvalue weighted by molar-refractivity contribution is -0.146. The summed E-state index contributed by atoms with van der Waals surface area (Å²) in [6, 6.07) is -0.129. The van der Waals surface area contributed by atoms with Gasteiger partial charge >= 0.3 is 5.97 Å². The second kappa shape index (κ2) is 14.1. The molecule has 0 aromatic rings. The van der Waals surface area contributed by atoms with Crippen molar-refractivity contribution in [3.8, 4) is 0 Å². The molecule has 0 aromatic carbocycles. The summed E-state index contributed by atoms with van der Waals surface area (Å²) in [4.78, 5) is 11.8. The van der Waals surface area contributed by atoms with Crippen molar-refractivity contribution in [2.75, 3.05) is 13.2 Å². The van der Waals surface area contributed by atoms with Crippen LogP contribution in [0.2, 0.25) is 0 Å². The molecule has 0 fully saturated rings. The number of hydrogen-bond acceptors (Lipinski definition) is 3. The number of rotatable bonds is 11. The van der Waals surface area contributed by atoms with Crippen LogP contribution in [0.15, 0.2) is 0 Å². The quantitative estimate of drug-likeness (QED) is 0.463. The molecular formula is C15H32ClNO2. The zero-order valence-electron chi connectivity index (χ0n) is 13.0. The highest BCUT2D eigenvalue weighted by atomic mass is 35.5. The molecule has 1 unspecified atom stereocenters. The second-order valence-corrected chi connectivity index (χ2v) is 5.30. The Morgan fingerprint density at radius 1 is 1.11 bits per heavy atom.